The lowest BCUT2D eigenvalue weighted by molar-refractivity contribution is 0.820. The second-order valence-corrected chi connectivity index (χ2v) is 5.55. The van der Waals surface area contributed by atoms with Crippen molar-refractivity contribution < 1.29 is 0 Å². The van der Waals surface area contributed by atoms with Crippen molar-refractivity contribution in [3.63, 3.8) is 0 Å². The predicted octanol–water partition coefficient (Wildman–Crippen LogP) is 3.50. The molecular weight excluding hydrogens is 268 g/mol. The van der Waals surface area contributed by atoms with Crippen LogP contribution in [0.1, 0.15) is 6.92 Å². The molecule has 2 aromatic carbocycles. The molecule has 0 bridgehead atoms. The minimum absolute atomic E-state index is 0.0160. The highest BCUT2D eigenvalue weighted by atomic mass is 32.2. The number of aromatic nitrogens is 2. The fourth-order valence-corrected chi connectivity index (χ4v) is 2.88. The standard InChI is InChI=1S/C16H14N2OS/c1-2-20-16-17-14-11-7-6-10-13(14)15(19)18(16)12-8-4-3-5-9-12/h3-11H,2H2,1H3. The van der Waals surface area contributed by atoms with E-state index in [-0.39, 0.29) is 5.56 Å². The number of hydrogen-bond donors (Lipinski definition) is 0. The third-order valence-electron chi connectivity index (χ3n) is 3.03. The van der Waals surface area contributed by atoms with E-state index in [0.717, 1.165) is 22.1 Å². The lowest BCUT2D eigenvalue weighted by Gasteiger charge is -2.12. The molecule has 3 aromatic rings. The van der Waals surface area contributed by atoms with Crippen molar-refractivity contribution >= 4 is 22.7 Å². The molecule has 0 fully saturated rings. The third-order valence-corrected chi connectivity index (χ3v) is 3.85. The molecule has 0 aliphatic heterocycles. The molecule has 0 saturated heterocycles. The van der Waals surface area contributed by atoms with Crippen molar-refractivity contribution in [3.8, 4) is 5.69 Å². The van der Waals surface area contributed by atoms with Gasteiger partial charge in [0.15, 0.2) is 5.16 Å². The van der Waals surface area contributed by atoms with Crippen LogP contribution in [0.15, 0.2) is 64.5 Å². The molecule has 100 valence electrons. The molecule has 0 amide bonds. The van der Waals surface area contributed by atoms with Gasteiger partial charge >= 0.3 is 0 Å². The van der Waals surface area contributed by atoms with Crippen LogP contribution in [0.5, 0.6) is 0 Å². The fourth-order valence-electron chi connectivity index (χ4n) is 2.14. The maximum Gasteiger partial charge on any atom is 0.266 e. The van der Waals surface area contributed by atoms with Crippen molar-refractivity contribution in [2.75, 3.05) is 5.75 Å². The zero-order valence-electron chi connectivity index (χ0n) is 11.1. The molecule has 3 nitrogen and oxygen atoms in total. The van der Waals surface area contributed by atoms with Crippen LogP contribution >= 0.6 is 11.8 Å². The van der Waals surface area contributed by atoms with Gasteiger partial charge in [0.05, 0.1) is 16.6 Å². The van der Waals surface area contributed by atoms with E-state index in [4.69, 9.17) is 0 Å². The molecule has 0 N–H and O–H groups in total. The van der Waals surface area contributed by atoms with E-state index >= 15 is 0 Å². The first kappa shape index (κ1) is 12.9. The Morgan fingerprint density at radius 1 is 1.05 bits per heavy atom. The van der Waals surface area contributed by atoms with E-state index in [1.54, 1.807) is 16.3 Å². The van der Waals surface area contributed by atoms with E-state index in [1.165, 1.54) is 0 Å². The molecule has 1 heterocycles. The van der Waals surface area contributed by atoms with Gasteiger partial charge in [-0.05, 0) is 30.0 Å². The van der Waals surface area contributed by atoms with Crippen molar-refractivity contribution in [1.29, 1.82) is 0 Å². The maximum atomic E-state index is 12.7. The van der Waals surface area contributed by atoms with Crippen LogP contribution in [0.4, 0.5) is 0 Å². The summed E-state index contributed by atoms with van der Waals surface area (Å²) in [5.74, 6) is 0.873. The molecule has 1 aromatic heterocycles. The minimum Gasteiger partial charge on any atom is -0.268 e. The zero-order valence-corrected chi connectivity index (χ0v) is 11.9. The Hall–Kier alpha value is -2.07. The molecule has 0 aliphatic rings. The van der Waals surface area contributed by atoms with E-state index < -0.39 is 0 Å². The molecule has 3 rings (SSSR count). The van der Waals surface area contributed by atoms with Crippen LogP contribution in [0.2, 0.25) is 0 Å². The highest BCUT2D eigenvalue weighted by Gasteiger charge is 2.11. The number of nitrogens with zero attached hydrogens (tertiary/aromatic N) is 2. The van der Waals surface area contributed by atoms with Gasteiger partial charge in [0.2, 0.25) is 0 Å². The molecular formula is C16H14N2OS. The number of fused-ring (bicyclic) bond motifs is 1. The van der Waals surface area contributed by atoms with Gasteiger partial charge in [-0.15, -0.1) is 0 Å². The first-order chi connectivity index (χ1) is 9.81. The van der Waals surface area contributed by atoms with Crippen LogP contribution < -0.4 is 5.56 Å². The summed E-state index contributed by atoms with van der Waals surface area (Å²) in [6, 6.07) is 17.1. The number of benzene rings is 2. The third kappa shape index (κ3) is 2.23. The summed E-state index contributed by atoms with van der Waals surface area (Å²) >= 11 is 1.58. The Labute approximate surface area is 121 Å². The molecule has 4 heteroatoms. The molecule has 20 heavy (non-hydrogen) atoms. The lowest BCUT2D eigenvalue weighted by atomic mass is 10.2. The van der Waals surface area contributed by atoms with Gasteiger partial charge in [0.25, 0.3) is 5.56 Å². The Morgan fingerprint density at radius 3 is 2.50 bits per heavy atom. The monoisotopic (exact) mass is 282 g/mol. The summed E-state index contributed by atoms with van der Waals surface area (Å²) in [6.07, 6.45) is 0. The van der Waals surface area contributed by atoms with E-state index in [2.05, 4.69) is 11.9 Å². The average molecular weight is 282 g/mol. The van der Waals surface area contributed by atoms with Crippen LogP contribution in [0.25, 0.3) is 16.6 Å². The van der Waals surface area contributed by atoms with Crippen molar-refractivity contribution in [1.82, 2.24) is 9.55 Å². The smallest absolute Gasteiger partial charge is 0.266 e. The highest BCUT2D eigenvalue weighted by Crippen LogP contribution is 2.20. The van der Waals surface area contributed by atoms with Gasteiger partial charge in [-0.1, -0.05) is 49.0 Å². The number of thioether (sulfide) groups is 1. The first-order valence-corrected chi connectivity index (χ1v) is 7.50. The summed E-state index contributed by atoms with van der Waals surface area (Å²) in [7, 11) is 0. The van der Waals surface area contributed by atoms with Crippen LogP contribution in [-0.2, 0) is 0 Å². The summed E-state index contributed by atoms with van der Waals surface area (Å²) < 4.78 is 1.69. The quantitative estimate of drug-likeness (QED) is 0.545. The predicted molar refractivity (Wildman–Crippen MR) is 83.7 cm³/mol. The molecule has 0 unspecified atom stereocenters. The Bertz CT molecular complexity index is 796. The second-order valence-electron chi connectivity index (χ2n) is 4.32. The summed E-state index contributed by atoms with van der Waals surface area (Å²) in [5, 5.41) is 1.39. The fraction of sp³-hybridized carbons (Fsp3) is 0.125. The average Bonchev–Trinajstić information content (AvgIpc) is 2.49. The Balaban J connectivity index is 2.36. The topological polar surface area (TPSA) is 34.9 Å². The van der Waals surface area contributed by atoms with E-state index in [1.807, 2.05) is 54.6 Å². The maximum absolute atomic E-state index is 12.7. The number of hydrogen-bond acceptors (Lipinski definition) is 3. The molecule has 0 aliphatic carbocycles. The Morgan fingerprint density at radius 2 is 1.75 bits per heavy atom. The van der Waals surface area contributed by atoms with Gasteiger partial charge in [0.1, 0.15) is 0 Å². The number of rotatable bonds is 3. The van der Waals surface area contributed by atoms with Crippen LogP contribution in [0, 0.1) is 0 Å². The van der Waals surface area contributed by atoms with Gasteiger partial charge < -0.3 is 0 Å². The second kappa shape index (κ2) is 5.51. The van der Waals surface area contributed by atoms with Crippen molar-refractivity contribution in [3.05, 3.63) is 65.0 Å². The molecule has 0 saturated carbocycles. The summed E-state index contributed by atoms with van der Waals surface area (Å²) in [4.78, 5) is 17.4. The molecule has 0 atom stereocenters. The van der Waals surface area contributed by atoms with E-state index in [9.17, 15) is 4.79 Å². The van der Waals surface area contributed by atoms with Crippen LogP contribution in [0.3, 0.4) is 0 Å². The Kier molecular flexibility index (Phi) is 3.56. The first-order valence-electron chi connectivity index (χ1n) is 6.51. The zero-order chi connectivity index (χ0) is 13.9. The van der Waals surface area contributed by atoms with Gasteiger partial charge in [-0.3, -0.25) is 9.36 Å². The largest absolute Gasteiger partial charge is 0.268 e. The normalized spacial score (nSPS) is 10.8. The van der Waals surface area contributed by atoms with Gasteiger partial charge in [-0.2, -0.15) is 0 Å². The van der Waals surface area contributed by atoms with Crippen LogP contribution in [-0.4, -0.2) is 15.3 Å². The number of para-hydroxylation sites is 2. The highest BCUT2D eigenvalue weighted by molar-refractivity contribution is 7.99. The van der Waals surface area contributed by atoms with Gasteiger partial charge in [-0.25, -0.2) is 4.98 Å². The summed E-state index contributed by atoms with van der Waals surface area (Å²) in [6.45, 7) is 2.06. The molecule has 0 radical (unpaired) electrons. The SMILES string of the molecule is CCSc1nc2ccccc2c(=O)n1-c1ccccc1. The van der Waals surface area contributed by atoms with Crippen molar-refractivity contribution in [2.45, 2.75) is 12.1 Å². The molecule has 0 spiro atoms. The lowest BCUT2D eigenvalue weighted by Crippen LogP contribution is -2.21. The minimum atomic E-state index is -0.0160. The van der Waals surface area contributed by atoms with E-state index in [0.29, 0.717) is 5.39 Å². The van der Waals surface area contributed by atoms with Crippen molar-refractivity contribution in [2.24, 2.45) is 0 Å². The summed E-state index contributed by atoms with van der Waals surface area (Å²) in [5.41, 5.74) is 1.59. The van der Waals surface area contributed by atoms with Gasteiger partial charge in [0, 0.05) is 0 Å².